The van der Waals surface area contributed by atoms with E-state index in [1.54, 1.807) is 0 Å². The zero-order valence-electron chi connectivity index (χ0n) is 24.6. The number of nitrogens with one attached hydrogen (secondary N) is 6. The standard InChI is InChI=1S/C28H53N7O5/c1-4-7-35(3)28-33-23(10-26(34-28)32-20-13-38-14-20)27(37)30-12-24(36)22-9-18-5-6-21(8-19(18)11-29-22)39-15-25-17(2)31-16-40-25/h17-26,28-29,31-34,36H,4-16H2,1-3H3,(H,30,37)/t17?,18?,19?,21?,22-,23?,24+,25?,26?,28?/m0/s1. The van der Waals surface area contributed by atoms with E-state index in [9.17, 15) is 9.90 Å². The molecule has 0 aromatic rings. The van der Waals surface area contributed by atoms with Crippen LogP contribution in [-0.4, -0.2) is 124 Å². The van der Waals surface area contributed by atoms with E-state index in [0.717, 1.165) is 45.2 Å². The number of ether oxygens (including phenoxy) is 3. The molecule has 230 valence electrons. The first-order chi connectivity index (χ1) is 19.4. The van der Waals surface area contributed by atoms with Crippen LogP contribution in [0.5, 0.6) is 0 Å². The highest BCUT2D eigenvalue weighted by Gasteiger charge is 2.39. The summed E-state index contributed by atoms with van der Waals surface area (Å²) < 4.78 is 17.3. The summed E-state index contributed by atoms with van der Waals surface area (Å²) in [5, 5.41) is 31.6. The van der Waals surface area contributed by atoms with Gasteiger partial charge in [0.25, 0.3) is 0 Å². The summed E-state index contributed by atoms with van der Waals surface area (Å²) in [6.45, 7) is 9.03. The van der Waals surface area contributed by atoms with Gasteiger partial charge in [-0.25, -0.2) is 0 Å². The third kappa shape index (κ3) is 7.91. The number of nitrogens with zero attached hydrogens (tertiary/aromatic N) is 1. The maximum Gasteiger partial charge on any atom is 0.237 e. The SMILES string of the molecule is CCCN(C)C1NC(NC2COC2)CC(C(=O)NC[C@@H](O)[C@@H]2CC3CCC(OCC4OCNC4C)CC3CN2)N1. The van der Waals surface area contributed by atoms with E-state index in [0.29, 0.717) is 56.9 Å². The Balaban J connectivity index is 1.05. The normalized spacial score (nSPS) is 39.5. The third-order valence-electron chi connectivity index (χ3n) is 9.60. The van der Waals surface area contributed by atoms with Gasteiger partial charge in [0.05, 0.1) is 63.1 Å². The van der Waals surface area contributed by atoms with Crippen molar-refractivity contribution in [2.24, 2.45) is 11.8 Å². The van der Waals surface area contributed by atoms with Crippen LogP contribution in [0.2, 0.25) is 0 Å². The van der Waals surface area contributed by atoms with Crippen LogP contribution in [0.25, 0.3) is 0 Å². The van der Waals surface area contributed by atoms with Crippen LogP contribution in [0, 0.1) is 11.8 Å². The van der Waals surface area contributed by atoms with Crippen molar-refractivity contribution in [2.45, 2.75) is 107 Å². The molecule has 10 atom stereocenters. The number of hydrogen-bond acceptors (Lipinski definition) is 11. The molecule has 0 radical (unpaired) electrons. The fraction of sp³-hybridized carbons (Fsp3) is 0.964. The van der Waals surface area contributed by atoms with Crippen molar-refractivity contribution < 1.29 is 24.1 Å². The minimum atomic E-state index is -0.617. The zero-order valence-corrected chi connectivity index (χ0v) is 24.6. The van der Waals surface area contributed by atoms with E-state index in [-0.39, 0.29) is 49.2 Å². The van der Waals surface area contributed by atoms with E-state index >= 15 is 0 Å². The predicted octanol–water partition coefficient (Wildman–Crippen LogP) is -1.15. The minimum Gasteiger partial charge on any atom is -0.390 e. The number of amides is 1. The molecule has 12 nitrogen and oxygen atoms in total. The maximum absolute atomic E-state index is 13.2. The molecule has 8 unspecified atom stereocenters. The Bertz CT molecular complexity index is 807. The van der Waals surface area contributed by atoms with Crippen molar-refractivity contribution in [3.63, 3.8) is 0 Å². The monoisotopic (exact) mass is 567 g/mol. The third-order valence-corrected chi connectivity index (χ3v) is 9.60. The second-order valence-corrected chi connectivity index (χ2v) is 12.7. The number of carbonyl (C=O) groups is 1. The Morgan fingerprint density at radius 3 is 2.73 bits per heavy atom. The summed E-state index contributed by atoms with van der Waals surface area (Å²) in [6, 6.07) is 0.313. The average molecular weight is 568 g/mol. The number of carbonyl (C=O) groups excluding carboxylic acids is 1. The Labute approximate surface area is 239 Å². The average Bonchev–Trinajstić information content (AvgIpc) is 3.36. The van der Waals surface area contributed by atoms with Gasteiger partial charge >= 0.3 is 0 Å². The lowest BCUT2D eigenvalue weighted by Crippen LogP contribution is -2.71. The highest BCUT2D eigenvalue weighted by atomic mass is 16.5. The second-order valence-electron chi connectivity index (χ2n) is 12.7. The van der Waals surface area contributed by atoms with Crippen molar-refractivity contribution in [1.29, 1.82) is 0 Å². The van der Waals surface area contributed by atoms with Crippen LogP contribution < -0.4 is 31.9 Å². The molecule has 5 aliphatic rings. The Morgan fingerprint density at radius 2 is 2.00 bits per heavy atom. The molecule has 0 aromatic heterocycles. The first kappa shape index (κ1) is 30.5. The van der Waals surface area contributed by atoms with Gasteiger partial charge in [-0.2, -0.15) is 0 Å². The first-order valence-electron chi connectivity index (χ1n) is 15.6. The molecule has 1 amide bonds. The summed E-state index contributed by atoms with van der Waals surface area (Å²) in [5.74, 6) is 1.09. The maximum atomic E-state index is 13.2. The van der Waals surface area contributed by atoms with E-state index in [1.807, 2.05) is 0 Å². The smallest absolute Gasteiger partial charge is 0.237 e. The van der Waals surface area contributed by atoms with Gasteiger partial charge in [0.2, 0.25) is 5.91 Å². The predicted molar refractivity (Wildman–Crippen MR) is 151 cm³/mol. The second kappa shape index (κ2) is 14.5. The van der Waals surface area contributed by atoms with Crippen LogP contribution in [0.4, 0.5) is 0 Å². The van der Waals surface area contributed by atoms with Gasteiger partial charge < -0.3 is 30.0 Å². The van der Waals surface area contributed by atoms with Crippen LogP contribution in [0.3, 0.4) is 0 Å². The highest BCUT2D eigenvalue weighted by Crippen LogP contribution is 2.37. The van der Waals surface area contributed by atoms with Crippen molar-refractivity contribution in [1.82, 2.24) is 36.8 Å². The molecule has 4 saturated heterocycles. The van der Waals surface area contributed by atoms with E-state index in [4.69, 9.17) is 14.2 Å². The quantitative estimate of drug-likeness (QED) is 0.154. The number of rotatable bonds is 12. The van der Waals surface area contributed by atoms with Crippen molar-refractivity contribution in [3.05, 3.63) is 0 Å². The molecule has 0 spiro atoms. The number of piperidine rings is 1. The molecule has 5 fully saturated rings. The molecule has 4 aliphatic heterocycles. The van der Waals surface area contributed by atoms with Gasteiger partial charge in [-0.15, -0.1) is 0 Å². The molecule has 7 N–H and O–H groups in total. The van der Waals surface area contributed by atoms with Crippen LogP contribution in [-0.2, 0) is 19.0 Å². The Morgan fingerprint density at radius 1 is 1.15 bits per heavy atom. The molecule has 0 bridgehead atoms. The molecule has 0 aromatic carbocycles. The molecule has 12 heteroatoms. The topological polar surface area (TPSA) is 140 Å². The van der Waals surface area contributed by atoms with Crippen LogP contribution >= 0.6 is 0 Å². The molecule has 5 rings (SSSR count). The molecular weight excluding hydrogens is 514 g/mol. The summed E-state index contributed by atoms with van der Waals surface area (Å²) in [6.07, 6.45) is 5.56. The molecule has 4 heterocycles. The van der Waals surface area contributed by atoms with Gasteiger partial charge in [-0.1, -0.05) is 6.92 Å². The fourth-order valence-corrected chi connectivity index (χ4v) is 6.91. The van der Waals surface area contributed by atoms with Gasteiger partial charge in [0, 0.05) is 31.6 Å². The number of hydrogen-bond donors (Lipinski definition) is 7. The van der Waals surface area contributed by atoms with Crippen molar-refractivity contribution in [2.75, 3.05) is 53.2 Å². The molecule has 40 heavy (non-hydrogen) atoms. The van der Waals surface area contributed by atoms with E-state index < -0.39 is 6.10 Å². The molecule has 1 saturated carbocycles. The number of fused-ring (bicyclic) bond motifs is 1. The van der Waals surface area contributed by atoms with Crippen molar-refractivity contribution in [3.8, 4) is 0 Å². The lowest BCUT2D eigenvalue weighted by molar-refractivity contribution is -0.126. The zero-order chi connectivity index (χ0) is 28.1. The Hall–Kier alpha value is -0.930. The first-order valence-corrected chi connectivity index (χ1v) is 15.6. The summed E-state index contributed by atoms with van der Waals surface area (Å²) in [7, 11) is 2.06. The molecule has 1 aliphatic carbocycles. The minimum absolute atomic E-state index is 0.00437. The summed E-state index contributed by atoms with van der Waals surface area (Å²) >= 11 is 0. The fourth-order valence-electron chi connectivity index (χ4n) is 6.91. The van der Waals surface area contributed by atoms with Crippen LogP contribution in [0.15, 0.2) is 0 Å². The lowest BCUT2D eigenvalue weighted by atomic mass is 9.72. The lowest BCUT2D eigenvalue weighted by Gasteiger charge is -2.44. The highest BCUT2D eigenvalue weighted by molar-refractivity contribution is 5.82. The number of aliphatic hydroxyl groups excluding tert-OH is 1. The Kier molecular flexibility index (Phi) is 11.1. The van der Waals surface area contributed by atoms with Gasteiger partial charge in [0.1, 0.15) is 6.29 Å². The van der Waals surface area contributed by atoms with Crippen LogP contribution in [0.1, 0.15) is 52.4 Å². The largest absolute Gasteiger partial charge is 0.390 e. The van der Waals surface area contributed by atoms with E-state index in [1.165, 1.54) is 0 Å². The van der Waals surface area contributed by atoms with Gasteiger partial charge in [-0.05, 0) is 64.5 Å². The number of aliphatic hydroxyl groups is 1. The van der Waals surface area contributed by atoms with Gasteiger partial charge in [0.15, 0.2) is 0 Å². The summed E-state index contributed by atoms with van der Waals surface area (Å²) in [5.41, 5.74) is 0. The molecular formula is C28H53N7O5. The van der Waals surface area contributed by atoms with Crippen molar-refractivity contribution >= 4 is 5.91 Å². The van der Waals surface area contributed by atoms with E-state index in [2.05, 4.69) is 57.7 Å². The van der Waals surface area contributed by atoms with Gasteiger partial charge in [-0.3, -0.25) is 31.0 Å². The summed E-state index contributed by atoms with van der Waals surface area (Å²) in [4.78, 5) is 15.4.